The molecule has 1 atom stereocenters. The van der Waals surface area contributed by atoms with Gasteiger partial charge in [-0.25, -0.2) is 0 Å². The van der Waals surface area contributed by atoms with Crippen molar-refractivity contribution >= 4 is 0 Å². The van der Waals surface area contributed by atoms with E-state index in [2.05, 4.69) is 32.9 Å². The van der Waals surface area contributed by atoms with E-state index in [0.29, 0.717) is 0 Å². The van der Waals surface area contributed by atoms with Crippen molar-refractivity contribution in [3.8, 4) is 5.75 Å². The van der Waals surface area contributed by atoms with Crippen molar-refractivity contribution in [1.82, 2.24) is 0 Å². The van der Waals surface area contributed by atoms with E-state index >= 15 is 0 Å². The van der Waals surface area contributed by atoms with E-state index in [1.54, 1.807) is 0 Å². The van der Waals surface area contributed by atoms with Gasteiger partial charge < -0.3 is 9.84 Å². The molecule has 106 valence electrons. The van der Waals surface area contributed by atoms with Crippen molar-refractivity contribution < 1.29 is 9.84 Å². The molecule has 0 fully saturated rings. The largest absolute Gasteiger partial charge is 0.491 e. The van der Waals surface area contributed by atoms with Crippen LogP contribution in [-0.4, -0.2) is 11.7 Å². The van der Waals surface area contributed by atoms with Gasteiger partial charge in [0.05, 0.1) is 0 Å². The second kappa shape index (κ2) is 6.58. The molecule has 0 aromatic heterocycles. The van der Waals surface area contributed by atoms with Crippen LogP contribution in [0.25, 0.3) is 0 Å². The lowest BCUT2D eigenvalue weighted by molar-refractivity contribution is 0.108. The van der Waals surface area contributed by atoms with Gasteiger partial charge in [-0.1, -0.05) is 37.3 Å². The van der Waals surface area contributed by atoms with Crippen LogP contribution < -0.4 is 4.74 Å². The number of hydrogen-bond donors (Lipinski definition) is 1. The Bertz CT molecular complexity index is 558. The Kier molecular flexibility index (Phi) is 4.80. The van der Waals surface area contributed by atoms with E-state index in [-0.39, 0.29) is 6.61 Å². The molecule has 1 N–H and O–H groups in total. The lowest BCUT2D eigenvalue weighted by atomic mass is 10.1. The maximum atomic E-state index is 10.1. The smallest absolute Gasteiger partial charge is 0.119 e. The first-order valence-electron chi connectivity index (χ1n) is 7.07. The zero-order valence-electron chi connectivity index (χ0n) is 12.4. The summed E-state index contributed by atoms with van der Waals surface area (Å²) in [6, 6.07) is 14.0. The Hall–Kier alpha value is -1.80. The van der Waals surface area contributed by atoms with Crippen LogP contribution >= 0.6 is 0 Å². The Morgan fingerprint density at radius 3 is 2.30 bits per heavy atom. The third kappa shape index (κ3) is 3.61. The van der Waals surface area contributed by atoms with E-state index in [4.69, 9.17) is 4.74 Å². The molecule has 0 bridgehead atoms. The van der Waals surface area contributed by atoms with Gasteiger partial charge in [0.25, 0.3) is 0 Å². The molecule has 0 aliphatic heterocycles. The fraction of sp³-hybridized carbons (Fsp3) is 0.333. The van der Waals surface area contributed by atoms with Crippen LogP contribution in [0.15, 0.2) is 42.5 Å². The van der Waals surface area contributed by atoms with Crippen LogP contribution in [0.2, 0.25) is 0 Å². The molecule has 2 rings (SSSR count). The van der Waals surface area contributed by atoms with Gasteiger partial charge in [-0.05, 0) is 54.7 Å². The molecule has 0 saturated carbocycles. The third-order valence-corrected chi connectivity index (χ3v) is 3.66. The van der Waals surface area contributed by atoms with Crippen molar-refractivity contribution in [1.29, 1.82) is 0 Å². The fourth-order valence-corrected chi connectivity index (χ4v) is 2.05. The Labute approximate surface area is 121 Å². The van der Waals surface area contributed by atoms with Crippen LogP contribution in [0.4, 0.5) is 0 Å². The normalized spacial score (nSPS) is 12.2. The second-order valence-corrected chi connectivity index (χ2v) is 5.17. The summed E-state index contributed by atoms with van der Waals surface area (Å²) < 4.78 is 5.66. The summed E-state index contributed by atoms with van der Waals surface area (Å²) >= 11 is 0. The highest BCUT2D eigenvalue weighted by Gasteiger charge is 2.08. The summed E-state index contributed by atoms with van der Waals surface area (Å²) in [4.78, 5) is 0. The van der Waals surface area contributed by atoms with Gasteiger partial charge in [0.15, 0.2) is 0 Å². The van der Waals surface area contributed by atoms with E-state index in [1.807, 2.05) is 30.3 Å². The Morgan fingerprint density at radius 1 is 1.00 bits per heavy atom. The number of benzene rings is 2. The Morgan fingerprint density at radius 2 is 1.70 bits per heavy atom. The van der Waals surface area contributed by atoms with Crippen molar-refractivity contribution in [2.24, 2.45) is 0 Å². The van der Waals surface area contributed by atoms with E-state index in [1.165, 1.54) is 16.7 Å². The molecule has 0 radical (unpaired) electrons. The average molecular weight is 270 g/mol. The molecule has 2 nitrogen and oxygen atoms in total. The Balaban J connectivity index is 1.96. The lowest BCUT2D eigenvalue weighted by Crippen LogP contribution is -2.09. The van der Waals surface area contributed by atoms with Gasteiger partial charge in [0, 0.05) is 0 Å². The summed E-state index contributed by atoms with van der Waals surface area (Å²) in [5, 5.41) is 10.1. The van der Waals surface area contributed by atoms with Gasteiger partial charge in [-0.3, -0.25) is 0 Å². The zero-order valence-corrected chi connectivity index (χ0v) is 12.4. The first-order valence-corrected chi connectivity index (χ1v) is 7.07. The highest BCUT2D eigenvalue weighted by molar-refractivity contribution is 5.34. The topological polar surface area (TPSA) is 29.5 Å². The van der Waals surface area contributed by atoms with Gasteiger partial charge in [0.2, 0.25) is 0 Å². The van der Waals surface area contributed by atoms with E-state index in [9.17, 15) is 5.11 Å². The summed E-state index contributed by atoms with van der Waals surface area (Å²) in [5.41, 5.74) is 4.61. The molecule has 0 saturated heterocycles. The van der Waals surface area contributed by atoms with Crippen molar-refractivity contribution in [3.05, 3.63) is 64.7 Å². The van der Waals surface area contributed by atoms with Crippen LogP contribution in [-0.2, 0) is 6.42 Å². The summed E-state index contributed by atoms with van der Waals surface area (Å²) in [7, 11) is 0. The highest BCUT2D eigenvalue weighted by atomic mass is 16.5. The maximum Gasteiger partial charge on any atom is 0.119 e. The van der Waals surface area contributed by atoms with Crippen LogP contribution in [0.3, 0.4) is 0 Å². The molecule has 2 heteroatoms. The van der Waals surface area contributed by atoms with Crippen molar-refractivity contribution in [2.75, 3.05) is 6.61 Å². The van der Waals surface area contributed by atoms with Crippen LogP contribution in [0.5, 0.6) is 5.75 Å². The molecule has 2 aromatic carbocycles. The molecule has 0 heterocycles. The number of rotatable bonds is 5. The third-order valence-electron chi connectivity index (χ3n) is 3.66. The minimum atomic E-state index is -0.595. The average Bonchev–Trinajstić information content (AvgIpc) is 2.48. The predicted molar refractivity (Wildman–Crippen MR) is 82.2 cm³/mol. The van der Waals surface area contributed by atoms with Gasteiger partial charge >= 0.3 is 0 Å². The van der Waals surface area contributed by atoms with Gasteiger partial charge in [0.1, 0.15) is 18.5 Å². The summed E-state index contributed by atoms with van der Waals surface area (Å²) in [5.74, 6) is 0.803. The first-order chi connectivity index (χ1) is 9.60. The first kappa shape index (κ1) is 14.6. The summed E-state index contributed by atoms with van der Waals surface area (Å²) in [6.07, 6.45) is 0.415. The predicted octanol–water partition coefficient (Wildman–Crippen LogP) is 3.98. The van der Waals surface area contributed by atoms with E-state index < -0.39 is 6.10 Å². The second-order valence-electron chi connectivity index (χ2n) is 5.17. The SMILES string of the molecule is CCc1ccc(C(O)COc2ccc(C)c(C)c2)cc1. The molecular weight excluding hydrogens is 248 g/mol. The molecule has 1 unspecified atom stereocenters. The zero-order chi connectivity index (χ0) is 14.5. The monoisotopic (exact) mass is 270 g/mol. The van der Waals surface area contributed by atoms with Gasteiger partial charge in [-0.2, -0.15) is 0 Å². The van der Waals surface area contributed by atoms with Crippen molar-refractivity contribution in [2.45, 2.75) is 33.3 Å². The number of ether oxygens (including phenoxy) is 1. The van der Waals surface area contributed by atoms with Crippen LogP contribution in [0.1, 0.15) is 35.3 Å². The number of aryl methyl sites for hydroxylation is 3. The molecule has 2 aromatic rings. The molecular formula is C18H22O2. The quantitative estimate of drug-likeness (QED) is 0.890. The maximum absolute atomic E-state index is 10.1. The lowest BCUT2D eigenvalue weighted by Gasteiger charge is -2.14. The molecule has 0 aliphatic rings. The number of aliphatic hydroxyl groups is 1. The molecule has 0 amide bonds. The standard InChI is InChI=1S/C18H22O2/c1-4-15-6-8-16(9-7-15)18(19)12-20-17-10-5-13(2)14(3)11-17/h5-11,18-19H,4,12H2,1-3H3. The molecule has 20 heavy (non-hydrogen) atoms. The fourth-order valence-electron chi connectivity index (χ4n) is 2.05. The van der Waals surface area contributed by atoms with Crippen molar-refractivity contribution in [3.63, 3.8) is 0 Å². The van der Waals surface area contributed by atoms with Crippen LogP contribution in [0, 0.1) is 13.8 Å². The minimum Gasteiger partial charge on any atom is -0.491 e. The highest BCUT2D eigenvalue weighted by Crippen LogP contribution is 2.19. The van der Waals surface area contributed by atoms with E-state index in [0.717, 1.165) is 17.7 Å². The molecule has 0 spiro atoms. The van der Waals surface area contributed by atoms with Gasteiger partial charge in [-0.15, -0.1) is 0 Å². The number of aliphatic hydroxyl groups excluding tert-OH is 1. The number of hydrogen-bond acceptors (Lipinski definition) is 2. The molecule has 0 aliphatic carbocycles. The minimum absolute atomic E-state index is 0.272. The summed E-state index contributed by atoms with van der Waals surface area (Å²) in [6.45, 7) is 6.52.